The van der Waals surface area contributed by atoms with Gasteiger partial charge in [-0.3, -0.25) is 4.90 Å². The second-order valence-electron chi connectivity index (χ2n) is 9.66. The van der Waals surface area contributed by atoms with E-state index < -0.39 is 41.3 Å². The first-order chi connectivity index (χ1) is 14.1. The number of ether oxygens (including phenoxy) is 1. The Hall–Kier alpha value is -1.90. The number of benzene rings is 1. The summed E-state index contributed by atoms with van der Waals surface area (Å²) < 4.78 is 72.4. The number of alkyl halides is 5. The Balaban J connectivity index is 1.84. The molecular formula is C22H29F5N2O2. The molecule has 0 aromatic heterocycles. The highest BCUT2D eigenvalue weighted by Gasteiger charge is 2.62. The number of amides is 1. The third-order valence-corrected chi connectivity index (χ3v) is 5.85. The number of hydrogen-bond donors (Lipinski definition) is 0. The fourth-order valence-electron chi connectivity index (χ4n) is 4.22. The predicted molar refractivity (Wildman–Crippen MR) is 106 cm³/mol. The molecule has 1 heterocycles. The van der Waals surface area contributed by atoms with E-state index in [1.54, 1.807) is 25.7 Å². The van der Waals surface area contributed by atoms with Crippen molar-refractivity contribution in [1.82, 2.24) is 9.80 Å². The lowest BCUT2D eigenvalue weighted by Crippen LogP contribution is -2.59. The number of nitrogens with zero attached hydrogens (tertiary/aromatic N) is 2. The molecule has 4 nitrogen and oxygen atoms in total. The number of rotatable bonds is 3. The van der Waals surface area contributed by atoms with Crippen molar-refractivity contribution >= 4 is 6.09 Å². The van der Waals surface area contributed by atoms with E-state index in [1.807, 2.05) is 18.7 Å². The summed E-state index contributed by atoms with van der Waals surface area (Å²) in [6, 6.07) is 3.17. The molecule has 1 aromatic carbocycles. The summed E-state index contributed by atoms with van der Waals surface area (Å²) in [5.41, 5.74) is -1.04. The average molecular weight is 448 g/mol. The van der Waals surface area contributed by atoms with E-state index in [1.165, 1.54) is 12.1 Å². The molecule has 4 atom stereocenters. The van der Waals surface area contributed by atoms with Gasteiger partial charge >= 0.3 is 12.3 Å². The van der Waals surface area contributed by atoms with Crippen LogP contribution in [-0.2, 0) is 10.9 Å². The van der Waals surface area contributed by atoms with Crippen LogP contribution in [0.15, 0.2) is 24.3 Å². The normalized spacial score (nSPS) is 27.7. The quantitative estimate of drug-likeness (QED) is 0.554. The maximum atomic E-state index is 14.1. The van der Waals surface area contributed by atoms with Gasteiger partial charge in [-0.05, 0) is 52.3 Å². The lowest BCUT2D eigenvalue weighted by molar-refractivity contribution is -0.137. The first-order valence-corrected chi connectivity index (χ1v) is 10.4. The molecule has 1 amide bonds. The van der Waals surface area contributed by atoms with Crippen molar-refractivity contribution < 1.29 is 31.5 Å². The molecule has 0 radical (unpaired) electrons. The summed E-state index contributed by atoms with van der Waals surface area (Å²) in [6.45, 7) is 9.56. The van der Waals surface area contributed by atoms with Crippen molar-refractivity contribution in [3.05, 3.63) is 35.4 Å². The predicted octanol–water partition coefficient (Wildman–Crippen LogP) is 5.73. The summed E-state index contributed by atoms with van der Waals surface area (Å²) >= 11 is 0. The maximum Gasteiger partial charge on any atom is 0.416 e. The van der Waals surface area contributed by atoms with Crippen molar-refractivity contribution in [3.8, 4) is 0 Å². The van der Waals surface area contributed by atoms with Crippen LogP contribution in [0.5, 0.6) is 0 Å². The van der Waals surface area contributed by atoms with Crippen LogP contribution in [0, 0.1) is 5.92 Å². The van der Waals surface area contributed by atoms with E-state index in [0.717, 1.165) is 12.1 Å². The molecule has 31 heavy (non-hydrogen) atoms. The topological polar surface area (TPSA) is 32.8 Å². The van der Waals surface area contributed by atoms with Gasteiger partial charge in [0.2, 0.25) is 0 Å². The maximum absolute atomic E-state index is 14.1. The Morgan fingerprint density at radius 1 is 1.06 bits per heavy atom. The van der Waals surface area contributed by atoms with Gasteiger partial charge in [0.25, 0.3) is 5.92 Å². The van der Waals surface area contributed by atoms with Crippen LogP contribution in [-0.4, -0.2) is 52.6 Å². The zero-order chi connectivity index (χ0) is 23.4. The minimum absolute atomic E-state index is 0.271. The van der Waals surface area contributed by atoms with Gasteiger partial charge in [0.1, 0.15) is 5.60 Å². The van der Waals surface area contributed by atoms with Crippen molar-refractivity contribution in [2.45, 2.75) is 76.9 Å². The third-order valence-electron chi connectivity index (χ3n) is 5.85. The summed E-state index contributed by atoms with van der Waals surface area (Å²) in [7, 11) is 0. The molecule has 2 fully saturated rings. The minimum atomic E-state index is -4.49. The van der Waals surface area contributed by atoms with Crippen LogP contribution < -0.4 is 0 Å². The molecule has 2 aliphatic rings. The van der Waals surface area contributed by atoms with Crippen molar-refractivity contribution in [2.75, 3.05) is 13.1 Å². The van der Waals surface area contributed by atoms with Crippen molar-refractivity contribution in [1.29, 1.82) is 0 Å². The molecule has 1 saturated carbocycles. The van der Waals surface area contributed by atoms with Gasteiger partial charge in [-0.25, -0.2) is 13.6 Å². The lowest BCUT2D eigenvalue weighted by Gasteiger charge is -2.47. The SMILES string of the molecule is C[C@@H]1CN(C(=O)OC(C)(C)C)[C@@H](C)CN1C(c1ccc(C(F)(F)F)cc1)[C@@H]1CC1(F)F. The van der Waals surface area contributed by atoms with Gasteiger partial charge in [0, 0.05) is 43.6 Å². The van der Waals surface area contributed by atoms with E-state index in [2.05, 4.69) is 0 Å². The summed E-state index contributed by atoms with van der Waals surface area (Å²) in [6.07, 6.45) is -5.25. The second kappa shape index (κ2) is 7.90. The molecule has 174 valence electrons. The van der Waals surface area contributed by atoms with Gasteiger partial charge in [0.05, 0.1) is 5.56 Å². The van der Waals surface area contributed by atoms with Crippen LogP contribution in [0.4, 0.5) is 26.7 Å². The Morgan fingerprint density at radius 2 is 1.61 bits per heavy atom. The molecule has 1 unspecified atom stereocenters. The first-order valence-electron chi connectivity index (χ1n) is 10.4. The van der Waals surface area contributed by atoms with Crippen molar-refractivity contribution in [3.63, 3.8) is 0 Å². The first kappa shape index (κ1) is 23.8. The van der Waals surface area contributed by atoms with Gasteiger partial charge in [0.15, 0.2) is 0 Å². The monoisotopic (exact) mass is 448 g/mol. The minimum Gasteiger partial charge on any atom is -0.444 e. The molecule has 0 N–H and O–H groups in total. The Bertz CT molecular complexity index is 804. The zero-order valence-electron chi connectivity index (χ0n) is 18.3. The second-order valence-corrected chi connectivity index (χ2v) is 9.66. The number of piperazine rings is 1. The van der Waals surface area contributed by atoms with Gasteiger partial charge in [-0.2, -0.15) is 13.2 Å². The molecule has 1 aromatic rings. The molecule has 0 spiro atoms. The Morgan fingerprint density at radius 3 is 2.06 bits per heavy atom. The highest BCUT2D eigenvalue weighted by atomic mass is 19.4. The van der Waals surface area contributed by atoms with Crippen LogP contribution >= 0.6 is 0 Å². The van der Waals surface area contributed by atoms with E-state index in [0.29, 0.717) is 12.1 Å². The molecule has 9 heteroatoms. The third kappa shape index (κ3) is 5.30. The Kier molecular flexibility index (Phi) is 6.06. The average Bonchev–Trinajstić information content (AvgIpc) is 3.23. The standard InChI is InChI=1S/C22H29F5N2O2/c1-13-12-29(19(30)31-20(3,4)5)14(2)11-28(13)18(17-10-21(17,23)24)15-6-8-16(9-7-15)22(25,26)27/h6-9,13-14,17-18H,10-12H2,1-5H3/t13-,14+,17+,18?/m1/s1. The van der Waals surface area contributed by atoms with Crippen LogP contribution in [0.2, 0.25) is 0 Å². The fourth-order valence-corrected chi connectivity index (χ4v) is 4.22. The van der Waals surface area contributed by atoms with Gasteiger partial charge in [-0.1, -0.05) is 12.1 Å². The lowest BCUT2D eigenvalue weighted by atomic mass is 9.95. The summed E-state index contributed by atoms with van der Waals surface area (Å²) in [5, 5.41) is 0. The number of hydrogen-bond acceptors (Lipinski definition) is 3. The number of carbonyl (C=O) groups is 1. The molecule has 1 saturated heterocycles. The van der Waals surface area contributed by atoms with E-state index in [9.17, 15) is 26.7 Å². The number of halogens is 5. The molecule has 3 rings (SSSR count). The zero-order valence-corrected chi connectivity index (χ0v) is 18.3. The highest BCUT2D eigenvalue weighted by molar-refractivity contribution is 5.68. The largest absolute Gasteiger partial charge is 0.444 e. The molecular weight excluding hydrogens is 419 g/mol. The van der Waals surface area contributed by atoms with Crippen LogP contribution in [0.25, 0.3) is 0 Å². The fraction of sp³-hybridized carbons (Fsp3) is 0.682. The van der Waals surface area contributed by atoms with E-state index in [4.69, 9.17) is 4.74 Å². The molecule has 1 aliphatic carbocycles. The van der Waals surface area contributed by atoms with Crippen LogP contribution in [0.3, 0.4) is 0 Å². The summed E-state index contributed by atoms with van der Waals surface area (Å²) in [4.78, 5) is 16.0. The van der Waals surface area contributed by atoms with E-state index in [-0.39, 0.29) is 25.0 Å². The van der Waals surface area contributed by atoms with E-state index >= 15 is 0 Å². The number of carbonyl (C=O) groups excluding carboxylic acids is 1. The van der Waals surface area contributed by atoms with Gasteiger partial charge < -0.3 is 9.64 Å². The molecule has 1 aliphatic heterocycles. The molecule has 0 bridgehead atoms. The summed E-state index contributed by atoms with van der Waals surface area (Å²) in [5.74, 6) is -3.81. The van der Waals surface area contributed by atoms with Crippen LogP contribution in [0.1, 0.15) is 58.2 Å². The Labute approximate surface area is 179 Å². The van der Waals surface area contributed by atoms with Gasteiger partial charge in [-0.15, -0.1) is 0 Å². The highest BCUT2D eigenvalue weighted by Crippen LogP contribution is 2.57. The smallest absolute Gasteiger partial charge is 0.416 e. The van der Waals surface area contributed by atoms with Crippen molar-refractivity contribution in [2.24, 2.45) is 5.92 Å².